The number of hydrogen-bond acceptors (Lipinski definition) is 3. The lowest BCUT2D eigenvalue weighted by Gasteiger charge is -2.23. The number of nitrogens with zero attached hydrogens (tertiary/aromatic N) is 2. The molecule has 0 aromatic heterocycles. The highest BCUT2D eigenvalue weighted by molar-refractivity contribution is 9.10. The minimum atomic E-state index is 0.0754. The molecule has 0 atom stereocenters. The number of anilines is 2. The first-order chi connectivity index (χ1) is 9.54. The molecule has 0 heterocycles. The van der Waals surface area contributed by atoms with Gasteiger partial charge >= 0.3 is 0 Å². The zero-order chi connectivity index (χ0) is 14.7. The SMILES string of the molecule is Cc1ccc(N(C)c2cccc(Br)c2/C(N)=N/O)cc1. The van der Waals surface area contributed by atoms with Crippen molar-refractivity contribution in [2.24, 2.45) is 10.9 Å². The molecule has 0 bridgehead atoms. The van der Waals surface area contributed by atoms with E-state index >= 15 is 0 Å². The lowest BCUT2D eigenvalue weighted by Crippen LogP contribution is -2.20. The number of rotatable bonds is 3. The molecule has 104 valence electrons. The number of hydrogen-bond donors (Lipinski definition) is 2. The quantitative estimate of drug-likeness (QED) is 0.390. The molecular formula is C15H16BrN3O. The molecule has 0 fully saturated rings. The van der Waals surface area contributed by atoms with Crippen molar-refractivity contribution in [1.82, 2.24) is 0 Å². The number of aryl methyl sites for hydroxylation is 1. The molecule has 5 heteroatoms. The van der Waals surface area contributed by atoms with E-state index in [1.165, 1.54) is 5.56 Å². The molecule has 0 amide bonds. The van der Waals surface area contributed by atoms with Crippen LogP contribution in [0.2, 0.25) is 0 Å². The van der Waals surface area contributed by atoms with E-state index in [1.807, 2.05) is 61.3 Å². The number of oxime groups is 1. The van der Waals surface area contributed by atoms with Crippen molar-refractivity contribution in [3.05, 3.63) is 58.1 Å². The highest BCUT2D eigenvalue weighted by atomic mass is 79.9. The summed E-state index contributed by atoms with van der Waals surface area (Å²) in [5.41, 5.74) is 9.53. The summed E-state index contributed by atoms with van der Waals surface area (Å²) in [5.74, 6) is 0.0754. The first-order valence-corrected chi connectivity index (χ1v) is 6.90. The Kier molecular flexibility index (Phi) is 4.29. The van der Waals surface area contributed by atoms with Crippen molar-refractivity contribution < 1.29 is 5.21 Å². The second kappa shape index (κ2) is 5.96. The van der Waals surface area contributed by atoms with Crippen LogP contribution >= 0.6 is 15.9 Å². The molecule has 0 saturated heterocycles. The van der Waals surface area contributed by atoms with Crippen molar-refractivity contribution in [2.45, 2.75) is 6.92 Å². The second-order valence-electron chi connectivity index (χ2n) is 4.51. The van der Waals surface area contributed by atoms with Crippen LogP contribution in [0.3, 0.4) is 0 Å². The summed E-state index contributed by atoms with van der Waals surface area (Å²) in [6.45, 7) is 2.05. The number of nitrogens with two attached hydrogens (primary N) is 1. The van der Waals surface area contributed by atoms with Gasteiger partial charge in [-0.2, -0.15) is 0 Å². The van der Waals surface area contributed by atoms with Gasteiger partial charge in [0.2, 0.25) is 0 Å². The van der Waals surface area contributed by atoms with Gasteiger partial charge in [0.25, 0.3) is 0 Å². The Balaban J connectivity index is 2.52. The minimum Gasteiger partial charge on any atom is -0.409 e. The van der Waals surface area contributed by atoms with Gasteiger partial charge in [0, 0.05) is 17.2 Å². The topological polar surface area (TPSA) is 61.8 Å². The van der Waals surface area contributed by atoms with Gasteiger partial charge in [-0.15, -0.1) is 0 Å². The normalized spacial score (nSPS) is 11.4. The Morgan fingerprint density at radius 3 is 2.45 bits per heavy atom. The average Bonchev–Trinajstić information content (AvgIpc) is 2.46. The summed E-state index contributed by atoms with van der Waals surface area (Å²) in [5, 5.41) is 12.1. The molecule has 0 unspecified atom stereocenters. The van der Waals surface area contributed by atoms with Gasteiger partial charge < -0.3 is 15.8 Å². The van der Waals surface area contributed by atoms with E-state index in [2.05, 4.69) is 21.1 Å². The first-order valence-electron chi connectivity index (χ1n) is 6.11. The molecule has 0 radical (unpaired) electrons. The molecule has 0 spiro atoms. The molecule has 2 rings (SSSR count). The Bertz CT molecular complexity index is 638. The fourth-order valence-corrected chi connectivity index (χ4v) is 2.56. The summed E-state index contributed by atoms with van der Waals surface area (Å²) < 4.78 is 0.782. The van der Waals surface area contributed by atoms with Crippen molar-refractivity contribution in [2.75, 3.05) is 11.9 Å². The third kappa shape index (κ3) is 2.77. The largest absolute Gasteiger partial charge is 0.409 e. The van der Waals surface area contributed by atoms with E-state index in [-0.39, 0.29) is 5.84 Å². The van der Waals surface area contributed by atoms with Gasteiger partial charge in [-0.1, -0.05) is 28.9 Å². The lowest BCUT2D eigenvalue weighted by molar-refractivity contribution is 0.318. The van der Waals surface area contributed by atoms with E-state index in [9.17, 15) is 0 Å². The van der Waals surface area contributed by atoms with Crippen LogP contribution in [0, 0.1) is 6.92 Å². The molecule has 3 N–H and O–H groups in total. The predicted molar refractivity (Wildman–Crippen MR) is 85.9 cm³/mol. The van der Waals surface area contributed by atoms with Gasteiger partial charge in [-0.3, -0.25) is 0 Å². The fourth-order valence-electron chi connectivity index (χ4n) is 2.00. The van der Waals surface area contributed by atoms with Crippen LogP contribution in [0.1, 0.15) is 11.1 Å². The molecule has 4 nitrogen and oxygen atoms in total. The van der Waals surface area contributed by atoms with Gasteiger partial charge in [-0.25, -0.2) is 0 Å². The number of benzene rings is 2. The van der Waals surface area contributed by atoms with E-state index in [1.54, 1.807) is 0 Å². The van der Waals surface area contributed by atoms with Crippen LogP contribution in [0.4, 0.5) is 11.4 Å². The third-order valence-electron chi connectivity index (χ3n) is 3.14. The van der Waals surface area contributed by atoms with E-state index < -0.39 is 0 Å². The molecular weight excluding hydrogens is 318 g/mol. The Morgan fingerprint density at radius 2 is 1.85 bits per heavy atom. The number of halogens is 1. The molecule has 0 aliphatic heterocycles. The van der Waals surface area contributed by atoms with Gasteiger partial charge in [0.1, 0.15) is 0 Å². The second-order valence-corrected chi connectivity index (χ2v) is 5.37. The van der Waals surface area contributed by atoms with Gasteiger partial charge in [-0.05, 0) is 47.1 Å². The Labute approximate surface area is 126 Å². The van der Waals surface area contributed by atoms with Crippen molar-refractivity contribution >= 4 is 33.1 Å². The van der Waals surface area contributed by atoms with Crippen molar-refractivity contribution in [3.8, 4) is 0 Å². The van der Waals surface area contributed by atoms with E-state index in [4.69, 9.17) is 10.9 Å². The zero-order valence-corrected chi connectivity index (χ0v) is 12.9. The molecule has 20 heavy (non-hydrogen) atoms. The fraction of sp³-hybridized carbons (Fsp3) is 0.133. The minimum absolute atomic E-state index is 0.0754. The van der Waals surface area contributed by atoms with Crippen molar-refractivity contribution in [3.63, 3.8) is 0 Å². The van der Waals surface area contributed by atoms with E-state index in [0.717, 1.165) is 15.8 Å². The summed E-state index contributed by atoms with van der Waals surface area (Å²) in [4.78, 5) is 2.00. The molecule has 0 aliphatic carbocycles. The molecule has 2 aromatic rings. The van der Waals surface area contributed by atoms with Crippen molar-refractivity contribution in [1.29, 1.82) is 0 Å². The first kappa shape index (κ1) is 14.4. The Morgan fingerprint density at radius 1 is 1.20 bits per heavy atom. The maximum absolute atomic E-state index is 8.95. The summed E-state index contributed by atoms with van der Waals surface area (Å²) in [7, 11) is 1.95. The smallest absolute Gasteiger partial charge is 0.173 e. The molecule has 2 aromatic carbocycles. The summed E-state index contributed by atoms with van der Waals surface area (Å²) >= 11 is 3.44. The van der Waals surface area contributed by atoms with Gasteiger partial charge in [0.15, 0.2) is 5.84 Å². The summed E-state index contributed by atoms with van der Waals surface area (Å²) in [6, 6.07) is 13.9. The summed E-state index contributed by atoms with van der Waals surface area (Å²) in [6.07, 6.45) is 0. The van der Waals surface area contributed by atoms with E-state index in [0.29, 0.717) is 5.56 Å². The zero-order valence-electron chi connectivity index (χ0n) is 11.3. The maximum Gasteiger partial charge on any atom is 0.173 e. The average molecular weight is 334 g/mol. The van der Waals surface area contributed by atoms with Gasteiger partial charge in [0.05, 0.1) is 11.3 Å². The third-order valence-corrected chi connectivity index (χ3v) is 3.80. The van der Waals surface area contributed by atoms with Crippen LogP contribution in [0.25, 0.3) is 0 Å². The van der Waals surface area contributed by atoms with Crippen LogP contribution in [0.15, 0.2) is 52.1 Å². The molecule has 0 aliphatic rings. The van der Waals surface area contributed by atoms with Crippen LogP contribution in [-0.4, -0.2) is 18.1 Å². The highest BCUT2D eigenvalue weighted by Crippen LogP contribution is 2.31. The standard InChI is InChI=1S/C15H16BrN3O/c1-10-6-8-11(9-7-10)19(2)13-5-3-4-12(16)14(13)15(17)18-20/h3-9,20H,1-2H3,(H2,17,18). The molecule has 0 saturated carbocycles. The lowest BCUT2D eigenvalue weighted by atomic mass is 10.1. The van der Waals surface area contributed by atoms with Crippen LogP contribution in [0.5, 0.6) is 0 Å². The Hall–Kier alpha value is -2.01. The van der Waals surface area contributed by atoms with Crippen LogP contribution in [-0.2, 0) is 0 Å². The highest BCUT2D eigenvalue weighted by Gasteiger charge is 2.15. The predicted octanol–water partition coefficient (Wildman–Crippen LogP) is 3.62. The maximum atomic E-state index is 8.95. The number of amidine groups is 1. The van der Waals surface area contributed by atoms with Crippen LogP contribution < -0.4 is 10.6 Å². The monoisotopic (exact) mass is 333 g/mol.